The first-order valence-corrected chi connectivity index (χ1v) is 7.34. The average molecular weight is 344 g/mol. The highest BCUT2D eigenvalue weighted by Gasteiger charge is 2.26. The molecule has 0 amide bonds. The van der Waals surface area contributed by atoms with Crippen molar-refractivity contribution in [3.8, 4) is 11.5 Å². The summed E-state index contributed by atoms with van der Waals surface area (Å²) in [4.78, 5) is 11.2. The topological polar surface area (TPSA) is 81.8 Å². The van der Waals surface area contributed by atoms with Crippen molar-refractivity contribution in [1.29, 1.82) is 0 Å². The SMILES string of the molecule is COc1cc(Br)cc(C(N)C(=O)O)c1OC1CCCC1. The molecule has 0 spiro atoms. The summed E-state index contributed by atoms with van der Waals surface area (Å²) in [5, 5.41) is 9.14. The number of ether oxygens (including phenoxy) is 2. The third-order valence-corrected chi connectivity index (χ3v) is 3.91. The van der Waals surface area contributed by atoms with Crippen LogP contribution in [-0.4, -0.2) is 24.3 Å². The van der Waals surface area contributed by atoms with Crippen LogP contribution in [0.15, 0.2) is 16.6 Å². The fraction of sp³-hybridized carbons (Fsp3) is 0.500. The predicted octanol–water partition coefficient (Wildman–Crippen LogP) is 2.86. The van der Waals surface area contributed by atoms with E-state index in [1.54, 1.807) is 12.1 Å². The van der Waals surface area contributed by atoms with Crippen LogP contribution in [0.2, 0.25) is 0 Å². The molecule has 20 heavy (non-hydrogen) atoms. The van der Waals surface area contributed by atoms with Gasteiger partial charge in [-0.2, -0.15) is 0 Å². The van der Waals surface area contributed by atoms with E-state index in [2.05, 4.69) is 15.9 Å². The summed E-state index contributed by atoms with van der Waals surface area (Å²) < 4.78 is 12.0. The molecule has 5 nitrogen and oxygen atoms in total. The largest absolute Gasteiger partial charge is 0.493 e. The zero-order valence-electron chi connectivity index (χ0n) is 11.3. The van der Waals surface area contributed by atoms with Crippen LogP contribution in [-0.2, 0) is 4.79 Å². The molecule has 1 unspecified atom stereocenters. The lowest BCUT2D eigenvalue weighted by atomic mass is 10.1. The van der Waals surface area contributed by atoms with Gasteiger partial charge in [0.25, 0.3) is 0 Å². The lowest BCUT2D eigenvalue weighted by molar-refractivity contribution is -0.138. The van der Waals surface area contributed by atoms with Crippen molar-refractivity contribution in [2.24, 2.45) is 5.73 Å². The van der Waals surface area contributed by atoms with Gasteiger partial charge in [0.1, 0.15) is 6.04 Å². The maximum absolute atomic E-state index is 11.2. The molecule has 3 N–H and O–H groups in total. The normalized spacial score (nSPS) is 16.9. The van der Waals surface area contributed by atoms with Gasteiger partial charge < -0.3 is 20.3 Å². The molecular weight excluding hydrogens is 326 g/mol. The number of carbonyl (C=O) groups is 1. The van der Waals surface area contributed by atoms with Crippen molar-refractivity contribution in [1.82, 2.24) is 0 Å². The molecule has 0 aromatic heterocycles. The van der Waals surface area contributed by atoms with E-state index in [0.717, 1.165) is 25.7 Å². The molecule has 1 saturated carbocycles. The molecule has 0 bridgehead atoms. The standard InChI is InChI=1S/C14H18BrNO4/c1-19-11-7-8(15)6-10(12(16)14(17)18)13(11)20-9-4-2-3-5-9/h6-7,9,12H,2-5,16H2,1H3,(H,17,18). The summed E-state index contributed by atoms with van der Waals surface area (Å²) in [6, 6.07) is 2.28. The van der Waals surface area contributed by atoms with E-state index < -0.39 is 12.0 Å². The van der Waals surface area contributed by atoms with Crippen molar-refractivity contribution in [3.05, 3.63) is 22.2 Å². The van der Waals surface area contributed by atoms with Gasteiger partial charge in [0.15, 0.2) is 11.5 Å². The van der Waals surface area contributed by atoms with Gasteiger partial charge in [0.05, 0.1) is 13.2 Å². The number of hydrogen-bond donors (Lipinski definition) is 2. The van der Waals surface area contributed by atoms with Gasteiger partial charge in [0.2, 0.25) is 0 Å². The van der Waals surface area contributed by atoms with Crippen LogP contribution in [0.3, 0.4) is 0 Å². The van der Waals surface area contributed by atoms with Crippen molar-refractivity contribution in [2.45, 2.75) is 37.8 Å². The molecule has 0 heterocycles. The Morgan fingerprint density at radius 3 is 2.65 bits per heavy atom. The molecule has 2 rings (SSSR count). The van der Waals surface area contributed by atoms with Crippen molar-refractivity contribution in [2.75, 3.05) is 7.11 Å². The molecule has 6 heteroatoms. The maximum Gasteiger partial charge on any atom is 0.325 e. The van der Waals surface area contributed by atoms with Gasteiger partial charge in [-0.1, -0.05) is 15.9 Å². The molecule has 0 aliphatic heterocycles. The van der Waals surface area contributed by atoms with Crippen LogP contribution in [0.25, 0.3) is 0 Å². The van der Waals surface area contributed by atoms with E-state index in [4.69, 9.17) is 20.3 Å². The van der Waals surface area contributed by atoms with E-state index in [0.29, 0.717) is 21.5 Å². The van der Waals surface area contributed by atoms with Crippen LogP contribution in [0, 0.1) is 0 Å². The second-order valence-corrected chi connectivity index (χ2v) is 5.78. The highest BCUT2D eigenvalue weighted by molar-refractivity contribution is 9.10. The van der Waals surface area contributed by atoms with Crippen LogP contribution < -0.4 is 15.2 Å². The van der Waals surface area contributed by atoms with Gasteiger partial charge >= 0.3 is 5.97 Å². The highest BCUT2D eigenvalue weighted by Crippen LogP contribution is 2.39. The smallest absolute Gasteiger partial charge is 0.325 e. The van der Waals surface area contributed by atoms with Crippen LogP contribution in [0.5, 0.6) is 11.5 Å². The van der Waals surface area contributed by atoms with Gasteiger partial charge in [-0.25, -0.2) is 0 Å². The van der Waals surface area contributed by atoms with Crippen LogP contribution in [0.1, 0.15) is 37.3 Å². The number of benzene rings is 1. The monoisotopic (exact) mass is 343 g/mol. The minimum absolute atomic E-state index is 0.102. The first kappa shape index (κ1) is 15.1. The molecule has 0 saturated heterocycles. The number of halogens is 1. The van der Waals surface area contributed by atoms with Crippen LogP contribution >= 0.6 is 15.9 Å². The Bertz CT molecular complexity index is 500. The second kappa shape index (κ2) is 6.45. The quantitative estimate of drug-likeness (QED) is 0.858. The molecule has 1 fully saturated rings. The Hall–Kier alpha value is -1.27. The molecular formula is C14H18BrNO4. The number of carboxylic acid groups (broad SMARTS) is 1. The summed E-state index contributed by atoms with van der Waals surface area (Å²) in [6.07, 6.45) is 4.31. The number of aliphatic carboxylic acids is 1. The Labute approximate surface area is 126 Å². The Balaban J connectivity index is 2.40. The lowest BCUT2D eigenvalue weighted by Gasteiger charge is -2.21. The number of rotatable bonds is 5. The van der Waals surface area contributed by atoms with E-state index in [1.165, 1.54) is 7.11 Å². The van der Waals surface area contributed by atoms with Gasteiger partial charge in [0, 0.05) is 10.0 Å². The predicted molar refractivity (Wildman–Crippen MR) is 78.1 cm³/mol. The lowest BCUT2D eigenvalue weighted by Crippen LogP contribution is -2.23. The Kier molecular flexibility index (Phi) is 4.88. The summed E-state index contributed by atoms with van der Waals surface area (Å²) in [5.74, 6) is -0.156. The third kappa shape index (κ3) is 3.24. The second-order valence-electron chi connectivity index (χ2n) is 4.87. The fourth-order valence-electron chi connectivity index (χ4n) is 2.40. The molecule has 110 valence electrons. The summed E-state index contributed by atoms with van der Waals surface area (Å²) in [7, 11) is 1.53. The Morgan fingerprint density at radius 2 is 2.10 bits per heavy atom. The number of methoxy groups -OCH3 is 1. The van der Waals surface area contributed by atoms with E-state index in [-0.39, 0.29) is 6.10 Å². The van der Waals surface area contributed by atoms with E-state index in [9.17, 15) is 4.79 Å². The van der Waals surface area contributed by atoms with E-state index >= 15 is 0 Å². The summed E-state index contributed by atoms with van der Waals surface area (Å²) >= 11 is 3.33. The third-order valence-electron chi connectivity index (χ3n) is 3.46. The summed E-state index contributed by atoms with van der Waals surface area (Å²) in [5.41, 5.74) is 6.18. The molecule has 1 aromatic carbocycles. The first-order valence-electron chi connectivity index (χ1n) is 6.55. The summed E-state index contributed by atoms with van der Waals surface area (Å²) in [6.45, 7) is 0. The number of hydrogen-bond acceptors (Lipinski definition) is 4. The minimum Gasteiger partial charge on any atom is -0.493 e. The minimum atomic E-state index is -1.14. The zero-order chi connectivity index (χ0) is 14.7. The van der Waals surface area contributed by atoms with E-state index in [1.807, 2.05) is 0 Å². The van der Waals surface area contributed by atoms with Gasteiger partial charge in [-0.3, -0.25) is 4.79 Å². The van der Waals surface area contributed by atoms with Crippen LogP contribution in [0.4, 0.5) is 0 Å². The molecule has 0 radical (unpaired) electrons. The first-order chi connectivity index (χ1) is 9.52. The number of nitrogens with two attached hydrogens (primary N) is 1. The molecule has 1 atom stereocenters. The highest BCUT2D eigenvalue weighted by atomic mass is 79.9. The van der Waals surface area contributed by atoms with Crippen molar-refractivity contribution < 1.29 is 19.4 Å². The average Bonchev–Trinajstić information content (AvgIpc) is 2.92. The Morgan fingerprint density at radius 1 is 1.45 bits per heavy atom. The maximum atomic E-state index is 11.2. The van der Waals surface area contributed by atoms with Crippen molar-refractivity contribution in [3.63, 3.8) is 0 Å². The number of carboxylic acids is 1. The molecule has 1 aliphatic carbocycles. The van der Waals surface area contributed by atoms with Crippen molar-refractivity contribution >= 4 is 21.9 Å². The zero-order valence-corrected chi connectivity index (χ0v) is 12.9. The molecule has 1 aromatic rings. The van der Waals surface area contributed by atoms with Gasteiger partial charge in [-0.15, -0.1) is 0 Å². The fourth-order valence-corrected chi connectivity index (χ4v) is 2.86. The molecule has 1 aliphatic rings. The van der Waals surface area contributed by atoms with Gasteiger partial charge in [-0.05, 0) is 37.8 Å².